The third-order valence-electron chi connectivity index (χ3n) is 8.08. The van der Waals surface area contributed by atoms with Crippen molar-refractivity contribution in [2.75, 3.05) is 19.6 Å². The van der Waals surface area contributed by atoms with E-state index in [2.05, 4.69) is 45.6 Å². The van der Waals surface area contributed by atoms with Gasteiger partial charge in [-0.2, -0.15) is 10.2 Å². The molecule has 3 aromatic heterocycles. The molecular formula is C30H29N7O2. The number of amides is 2. The summed E-state index contributed by atoms with van der Waals surface area (Å²) in [6, 6.07) is 13.9. The molecule has 0 radical (unpaired) electrons. The molecule has 0 N–H and O–H groups in total. The molecule has 1 fully saturated rings. The van der Waals surface area contributed by atoms with E-state index >= 15 is 0 Å². The van der Waals surface area contributed by atoms with E-state index in [0.29, 0.717) is 49.8 Å². The Morgan fingerprint density at radius 3 is 2.56 bits per heavy atom. The van der Waals surface area contributed by atoms with Crippen LogP contribution in [0.1, 0.15) is 57.7 Å². The van der Waals surface area contributed by atoms with Crippen molar-refractivity contribution in [3.8, 4) is 11.5 Å². The fourth-order valence-electron chi connectivity index (χ4n) is 5.90. The molecule has 39 heavy (non-hydrogen) atoms. The van der Waals surface area contributed by atoms with E-state index < -0.39 is 0 Å². The fourth-order valence-corrected chi connectivity index (χ4v) is 5.90. The highest BCUT2D eigenvalue weighted by Crippen LogP contribution is 2.41. The van der Waals surface area contributed by atoms with Gasteiger partial charge in [0.05, 0.1) is 28.7 Å². The van der Waals surface area contributed by atoms with Crippen LogP contribution in [-0.4, -0.2) is 65.8 Å². The number of carbonyl (C=O) groups is 2. The van der Waals surface area contributed by atoms with E-state index in [9.17, 15) is 9.59 Å². The smallest absolute Gasteiger partial charge is 0.256 e. The zero-order valence-electron chi connectivity index (χ0n) is 21.6. The molecule has 2 amide bonds. The van der Waals surface area contributed by atoms with Gasteiger partial charge in [0, 0.05) is 56.6 Å². The topological polar surface area (TPSA) is 89.2 Å². The van der Waals surface area contributed by atoms with Gasteiger partial charge in [-0.25, -0.2) is 14.3 Å². The summed E-state index contributed by atoms with van der Waals surface area (Å²) in [5.74, 6) is 1.11. The van der Waals surface area contributed by atoms with Crippen LogP contribution >= 0.6 is 0 Å². The van der Waals surface area contributed by atoms with Gasteiger partial charge in [0.25, 0.3) is 5.91 Å². The van der Waals surface area contributed by atoms with Crippen molar-refractivity contribution in [1.29, 1.82) is 0 Å². The number of rotatable bonds is 5. The summed E-state index contributed by atoms with van der Waals surface area (Å²) in [6.45, 7) is 5.15. The van der Waals surface area contributed by atoms with Crippen LogP contribution in [0.4, 0.5) is 0 Å². The maximum Gasteiger partial charge on any atom is 0.256 e. The second-order valence-electron chi connectivity index (χ2n) is 10.4. The van der Waals surface area contributed by atoms with Gasteiger partial charge in [-0.1, -0.05) is 18.7 Å². The highest BCUT2D eigenvalue weighted by atomic mass is 16.2. The predicted octanol–water partition coefficient (Wildman–Crippen LogP) is 3.64. The standard InChI is InChI=1S/C30H29N7O2/c1-2-28(38)34-16-12-24-29-25(37(33-24)23-9-6-21(7-10-23)20-4-5-20)13-17-35(26(29)19-34)30(39)22-8-11-27(31-18-22)36-15-3-14-32-36/h2-3,6-11,14-15,18,20,26H,1,4-5,12-13,16-17,19H2/t26-/m0/s1. The van der Waals surface area contributed by atoms with Crippen LogP contribution in [0.25, 0.3) is 11.5 Å². The molecule has 0 saturated heterocycles. The summed E-state index contributed by atoms with van der Waals surface area (Å²) in [5.41, 5.74) is 6.08. The van der Waals surface area contributed by atoms with Crippen LogP contribution in [0.2, 0.25) is 0 Å². The Balaban J connectivity index is 1.24. The maximum absolute atomic E-state index is 13.9. The Bertz CT molecular complexity index is 1550. The summed E-state index contributed by atoms with van der Waals surface area (Å²) in [6.07, 6.45) is 10.3. The zero-order valence-corrected chi connectivity index (χ0v) is 21.6. The molecular weight excluding hydrogens is 490 g/mol. The summed E-state index contributed by atoms with van der Waals surface area (Å²) < 4.78 is 3.71. The molecule has 1 saturated carbocycles. The van der Waals surface area contributed by atoms with E-state index in [4.69, 9.17) is 5.10 Å². The molecule has 2 aliphatic heterocycles. The number of carbonyl (C=O) groups excluding carboxylic acids is 2. The lowest BCUT2D eigenvalue weighted by atomic mass is 9.95. The Hall–Kier alpha value is -4.53. The second-order valence-corrected chi connectivity index (χ2v) is 10.4. The molecule has 9 heteroatoms. The molecule has 3 aliphatic rings. The third kappa shape index (κ3) is 4.14. The van der Waals surface area contributed by atoms with Crippen LogP contribution in [0.3, 0.4) is 0 Å². The van der Waals surface area contributed by atoms with Gasteiger partial charge in [-0.05, 0) is 60.7 Å². The quantitative estimate of drug-likeness (QED) is 0.376. The molecule has 9 nitrogen and oxygen atoms in total. The van der Waals surface area contributed by atoms with Crippen LogP contribution in [0.15, 0.2) is 73.7 Å². The van der Waals surface area contributed by atoms with Gasteiger partial charge in [0.15, 0.2) is 5.82 Å². The molecule has 1 aliphatic carbocycles. The van der Waals surface area contributed by atoms with E-state index in [1.807, 2.05) is 17.2 Å². The Kier molecular flexibility index (Phi) is 5.65. The molecule has 0 spiro atoms. The highest BCUT2D eigenvalue weighted by molar-refractivity contribution is 5.94. The maximum atomic E-state index is 13.9. The largest absolute Gasteiger partial charge is 0.336 e. The fraction of sp³-hybridized carbons (Fsp3) is 0.300. The first-order valence-electron chi connectivity index (χ1n) is 13.5. The minimum absolute atomic E-state index is 0.106. The minimum Gasteiger partial charge on any atom is -0.336 e. The molecule has 196 valence electrons. The lowest BCUT2D eigenvalue weighted by Crippen LogP contribution is -2.45. The van der Waals surface area contributed by atoms with Gasteiger partial charge in [0.2, 0.25) is 5.91 Å². The van der Waals surface area contributed by atoms with Crippen molar-refractivity contribution in [1.82, 2.24) is 34.3 Å². The van der Waals surface area contributed by atoms with Crippen molar-refractivity contribution in [2.24, 2.45) is 0 Å². The second kappa shape index (κ2) is 9.34. The van der Waals surface area contributed by atoms with E-state index in [0.717, 1.165) is 22.6 Å². The van der Waals surface area contributed by atoms with Gasteiger partial charge in [-0.3, -0.25) is 9.59 Å². The van der Waals surface area contributed by atoms with Gasteiger partial charge in [-0.15, -0.1) is 0 Å². The molecule has 0 bridgehead atoms. The first-order chi connectivity index (χ1) is 19.1. The number of hydrogen-bond donors (Lipinski definition) is 0. The SMILES string of the molecule is C=CC(=O)N1CCc2nn(-c3ccc(C4CC4)cc3)c3c2[C@H](C1)N(C(=O)c1ccc(-n2cccn2)nc1)CC3. The Morgan fingerprint density at radius 2 is 1.87 bits per heavy atom. The number of benzene rings is 1. The molecule has 4 aromatic rings. The van der Waals surface area contributed by atoms with Crippen molar-refractivity contribution < 1.29 is 9.59 Å². The highest BCUT2D eigenvalue weighted by Gasteiger charge is 2.40. The zero-order chi connectivity index (χ0) is 26.5. The van der Waals surface area contributed by atoms with E-state index in [-0.39, 0.29) is 17.9 Å². The lowest BCUT2D eigenvalue weighted by molar-refractivity contribution is -0.126. The van der Waals surface area contributed by atoms with Crippen LogP contribution in [0, 0.1) is 0 Å². The molecule has 7 rings (SSSR count). The van der Waals surface area contributed by atoms with Crippen LogP contribution < -0.4 is 0 Å². The van der Waals surface area contributed by atoms with Crippen molar-refractivity contribution >= 4 is 11.8 Å². The van der Waals surface area contributed by atoms with E-state index in [1.165, 1.54) is 24.5 Å². The van der Waals surface area contributed by atoms with Gasteiger partial charge < -0.3 is 9.80 Å². The molecule has 5 heterocycles. The van der Waals surface area contributed by atoms with Crippen molar-refractivity contribution in [2.45, 2.75) is 37.6 Å². The Labute approximate surface area is 226 Å². The number of aromatic nitrogens is 5. The normalized spacial score (nSPS) is 18.4. The molecule has 0 unspecified atom stereocenters. The minimum atomic E-state index is -0.298. The lowest BCUT2D eigenvalue weighted by Gasteiger charge is -2.37. The summed E-state index contributed by atoms with van der Waals surface area (Å²) in [4.78, 5) is 34.7. The van der Waals surface area contributed by atoms with Crippen LogP contribution in [-0.2, 0) is 17.6 Å². The predicted molar refractivity (Wildman–Crippen MR) is 145 cm³/mol. The average Bonchev–Trinajstić information content (AvgIpc) is 3.61. The van der Waals surface area contributed by atoms with Crippen molar-refractivity contribution in [3.05, 3.63) is 102 Å². The Morgan fingerprint density at radius 1 is 1.03 bits per heavy atom. The summed E-state index contributed by atoms with van der Waals surface area (Å²) in [7, 11) is 0. The number of pyridine rings is 1. The van der Waals surface area contributed by atoms with Crippen molar-refractivity contribution in [3.63, 3.8) is 0 Å². The summed E-state index contributed by atoms with van der Waals surface area (Å²) in [5, 5.41) is 9.26. The van der Waals surface area contributed by atoms with Crippen LogP contribution in [0.5, 0.6) is 0 Å². The van der Waals surface area contributed by atoms with Gasteiger partial charge >= 0.3 is 0 Å². The monoisotopic (exact) mass is 519 g/mol. The third-order valence-corrected chi connectivity index (χ3v) is 8.08. The first kappa shape index (κ1) is 23.6. The first-order valence-corrected chi connectivity index (χ1v) is 13.5. The van der Waals surface area contributed by atoms with Gasteiger partial charge in [0.1, 0.15) is 0 Å². The number of hydrogen-bond acceptors (Lipinski definition) is 5. The summed E-state index contributed by atoms with van der Waals surface area (Å²) >= 11 is 0. The average molecular weight is 520 g/mol. The van der Waals surface area contributed by atoms with E-state index in [1.54, 1.807) is 34.1 Å². The molecule has 1 aromatic carbocycles. The molecule has 1 atom stereocenters. The number of nitrogens with zero attached hydrogens (tertiary/aromatic N) is 7.